The first kappa shape index (κ1) is 27.8. The number of hydrogen-bond acceptors (Lipinski definition) is 6. The normalized spacial score (nSPS) is 19.4. The fraction of sp³-hybridized carbons (Fsp3) is 0.125. The summed E-state index contributed by atoms with van der Waals surface area (Å²) in [5.41, 5.74) is 1.68. The van der Waals surface area contributed by atoms with E-state index in [0.717, 1.165) is 48.8 Å². The van der Waals surface area contributed by atoms with Crippen molar-refractivity contribution in [3.8, 4) is 0 Å². The van der Waals surface area contributed by atoms with E-state index in [0.29, 0.717) is 15.6 Å². The number of fused-ring (bicyclic) bond motifs is 3. The fourth-order valence-electron chi connectivity index (χ4n) is 5.83. The number of thiazole rings is 1. The molecular weight excluding hydrogens is 653 g/mol. The molecule has 214 valence electrons. The summed E-state index contributed by atoms with van der Waals surface area (Å²) >= 11 is 5.63. The van der Waals surface area contributed by atoms with E-state index in [2.05, 4.69) is 21.2 Å². The molecule has 2 aliphatic rings. The Morgan fingerprint density at radius 2 is 1.65 bits per heavy atom. The van der Waals surface area contributed by atoms with Crippen molar-refractivity contribution in [2.24, 2.45) is 5.92 Å². The molecule has 7 nitrogen and oxygen atoms in total. The van der Waals surface area contributed by atoms with E-state index in [1.165, 1.54) is 28.8 Å². The van der Waals surface area contributed by atoms with Crippen molar-refractivity contribution < 1.29 is 18.8 Å². The lowest BCUT2D eigenvalue weighted by atomic mass is 9.83. The van der Waals surface area contributed by atoms with Crippen LogP contribution >= 0.6 is 39.0 Å². The van der Waals surface area contributed by atoms with Crippen molar-refractivity contribution in [3.05, 3.63) is 121 Å². The molecule has 0 radical (unpaired) electrons. The van der Waals surface area contributed by atoms with Crippen molar-refractivity contribution in [2.75, 3.05) is 10.2 Å². The average Bonchev–Trinajstić information content (AvgIpc) is 3.44. The topological polar surface area (TPSA) is 88.5 Å². The summed E-state index contributed by atoms with van der Waals surface area (Å²) in [5.74, 6) is -3.10. The van der Waals surface area contributed by atoms with Crippen LogP contribution in [0, 0.1) is 11.7 Å². The van der Waals surface area contributed by atoms with Crippen molar-refractivity contribution >= 4 is 78.9 Å². The first-order valence-corrected chi connectivity index (χ1v) is 15.9. The molecule has 43 heavy (non-hydrogen) atoms. The maximum Gasteiger partial charge on any atom is 0.308 e. The van der Waals surface area contributed by atoms with Gasteiger partial charge in [-0.1, -0.05) is 87.6 Å². The Morgan fingerprint density at radius 1 is 0.907 bits per heavy atom. The summed E-state index contributed by atoms with van der Waals surface area (Å²) in [6, 6.07) is 26.0. The molecule has 0 spiro atoms. The number of aromatic nitrogens is 1. The Kier molecular flexibility index (Phi) is 7.03. The Labute approximate surface area is 261 Å². The van der Waals surface area contributed by atoms with Gasteiger partial charge >= 0.3 is 4.87 Å². The summed E-state index contributed by atoms with van der Waals surface area (Å²) in [6.45, 7) is -0.257. The number of benzene rings is 4. The molecule has 3 atom stereocenters. The molecule has 3 heterocycles. The van der Waals surface area contributed by atoms with E-state index in [9.17, 15) is 23.6 Å². The molecule has 1 N–H and O–H groups in total. The molecule has 4 aromatic carbocycles. The summed E-state index contributed by atoms with van der Waals surface area (Å²) in [4.78, 5) is 55.9. The Balaban J connectivity index is 1.28. The third kappa shape index (κ3) is 4.81. The highest BCUT2D eigenvalue weighted by Gasteiger charge is 2.56. The van der Waals surface area contributed by atoms with Crippen LogP contribution in [-0.4, -0.2) is 27.5 Å². The van der Waals surface area contributed by atoms with E-state index in [4.69, 9.17) is 0 Å². The van der Waals surface area contributed by atoms with Crippen LogP contribution in [0.25, 0.3) is 10.8 Å². The molecule has 0 bridgehead atoms. The van der Waals surface area contributed by atoms with Gasteiger partial charge in [0.15, 0.2) is 0 Å². The minimum absolute atomic E-state index is 0.257. The van der Waals surface area contributed by atoms with E-state index >= 15 is 0 Å². The molecule has 0 aliphatic carbocycles. The molecule has 7 rings (SSSR count). The zero-order valence-corrected chi connectivity index (χ0v) is 25.4. The number of halogens is 2. The summed E-state index contributed by atoms with van der Waals surface area (Å²) in [5, 5.41) is 4.44. The molecule has 3 amide bonds. The Bertz CT molecular complexity index is 2000. The highest BCUT2D eigenvalue weighted by molar-refractivity contribution is 9.10. The number of thioether (sulfide) groups is 1. The van der Waals surface area contributed by atoms with Crippen molar-refractivity contribution in [1.29, 1.82) is 0 Å². The number of carbonyl (C=O) groups is 3. The predicted molar refractivity (Wildman–Crippen MR) is 169 cm³/mol. The van der Waals surface area contributed by atoms with E-state index < -0.39 is 34.7 Å². The number of nitrogens with one attached hydrogen (secondary N) is 1. The number of hydrogen-bond donors (Lipinski definition) is 1. The van der Waals surface area contributed by atoms with Crippen molar-refractivity contribution in [2.45, 2.75) is 22.7 Å². The summed E-state index contributed by atoms with van der Waals surface area (Å²) < 4.78 is 15.8. The van der Waals surface area contributed by atoms with Crippen LogP contribution in [0.15, 0.2) is 105 Å². The monoisotopic (exact) mass is 673 g/mol. The zero-order valence-electron chi connectivity index (χ0n) is 22.2. The van der Waals surface area contributed by atoms with Crippen LogP contribution in [0.2, 0.25) is 0 Å². The van der Waals surface area contributed by atoms with Crippen molar-refractivity contribution in [1.82, 2.24) is 4.57 Å². The molecular formula is C32H21BrFN3O4S2. The predicted octanol–water partition coefficient (Wildman–Crippen LogP) is 6.40. The van der Waals surface area contributed by atoms with Gasteiger partial charge in [0.05, 0.1) is 16.6 Å². The Hall–Kier alpha value is -4.06. The van der Waals surface area contributed by atoms with Gasteiger partial charge in [-0.05, 0) is 53.4 Å². The third-order valence-electron chi connectivity index (χ3n) is 7.71. The van der Waals surface area contributed by atoms with Crippen molar-refractivity contribution in [3.63, 3.8) is 0 Å². The molecule has 1 saturated heterocycles. The van der Waals surface area contributed by atoms with Gasteiger partial charge in [-0.2, -0.15) is 0 Å². The van der Waals surface area contributed by atoms with Gasteiger partial charge in [-0.25, -0.2) is 9.29 Å². The molecule has 1 aromatic heterocycles. The standard InChI is InChI=1S/C32H21BrFN3O4S2/c33-19-8-3-7-18(15-19)25-26-27(30(40)37(29(26)39)21-13-11-20(34)12-14-21)42-31-28(25)43-32(41)36(31)16-24(38)35-23-10-4-6-17-5-1-2-9-22(17)23/h1-15,25-27H,16H2,(H,35,38). The maximum atomic E-state index is 13.9. The molecule has 0 saturated carbocycles. The second kappa shape index (κ2) is 10.9. The van der Waals surface area contributed by atoms with Gasteiger partial charge in [0.25, 0.3) is 0 Å². The molecule has 3 unspecified atom stereocenters. The van der Waals surface area contributed by atoms with Gasteiger partial charge < -0.3 is 5.32 Å². The fourth-order valence-corrected chi connectivity index (χ4v) is 9.02. The zero-order chi connectivity index (χ0) is 29.8. The minimum atomic E-state index is -0.838. The van der Waals surface area contributed by atoms with Crippen LogP contribution in [-0.2, 0) is 20.9 Å². The molecule has 2 aliphatic heterocycles. The number of amides is 3. The van der Waals surface area contributed by atoms with Crippen LogP contribution in [0.4, 0.5) is 15.8 Å². The van der Waals surface area contributed by atoms with Crippen LogP contribution in [0.1, 0.15) is 16.4 Å². The average molecular weight is 675 g/mol. The van der Waals surface area contributed by atoms with Gasteiger partial charge in [0.1, 0.15) is 17.6 Å². The highest BCUT2D eigenvalue weighted by Crippen LogP contribution is 2.54. The van der Waals surface area contributed by atoms with E-state index in [1.807, 2.05) is 66.7 Å². The van der Waals surface area contributed by atoms with Gasteiger partial charge in [-0.3, -0.25) is 23.7 Å². The second-order valence-corrected chi connectivity index (χ2v) is 13.3. The lowest BCUT2D eigenvalue weighted by Gasteiger charge is -2.30. The number of carbonyl (C=O) groups excluding carboxylic acids is 3. The quantitative estimate of drug-likeness (QED) is 0.218. The SMILES string of the molecule is O=C(Cn1c2c(sc1=O)C(c1cccc(Br)c1)C1C(=O)N(c3ccc(F)cc3)C(=O)C1S2)Nc1cccc2ccccc12. The number of anilines is 2. The van der Waals surface area contributed by atoms with Gasteiger partial charge in [0, 0.05) is 26.3 Å². The first-order valence-electron chi connectivity index (χ1n) is 13.4. The lowest BCUT2D eigenvalue weighted by molar-refractivity contribution is -0.122. The first-order chi connectivity index (χ1) is 20.8. The highest BCUT2D eigenvalue weighted by atomic mass is 79.9. The smallest absolute Gasteiger partial charge is 0.308 e. The van der Waals surface area contributed by atoms with Crippen LogP contribution in [0.3, 0.4) is 0 Å². The van der Waals surface area contributed by atoms with Crippen LogP contribution in [0.5, 0.6) is 0 Å². The van der Waals surface area contributed by atoms with Gasteiger partial charge in [-0.15, -0.1) is 0 Å². The molecule has 11 heteroatoms. The lowest BCUT2D eigenvalue weighted by Crippen LogP contribution is -2.33. The molecule has 5 aromatic rings. The third-order valence-corrected chi connectivity index (χ3v) is 10.8. The largest absolute Gasteiger partial charge is 0.324 e. The maximum absolute atomic E-state index is 13.9. The van der Waals surface area contributed by atoms with Gasteiger partial charge in [0.2, 0.25) is 17.7 Å². The number of imide groups is 1. The summed E-state index contributed by atoms with van der Waals surface area (Å²) in [6.07, 6.45) is 0. The number of rotatable bonds is 5. The minimum Gasteiger partial charge on any atom is -0.324 e. The number of nitrogens with zero attached hydrogens (tertiary/aromatic N) is 2. The van der Waals surface area contributed by atoms with Crippen LogP contribution < -0.4 is 15.1 Å². The van der Waals surface area contributed by atoms with E-state index in [1.54, 1.807) is 0 Å². The van der Waals surface area contributed by atoms with E-state index in [-0.39, 0.29) is 23.0 Å². The molecule has 1 fully saturated rings. The summed E-state index contributed by atoms with van der Waals surface area (Å²) in [7, 11) is 0. The Morgan fingerprint density at radius 3 is 2.44 bits per heavy atom. The second-order valence-electron chi connectivity index (χ2n) is 10.3.